The Morgan fingerprint density at radius 3 is 2.95 bits per heavy atom. The Balaban J connectivity index is 1.98. The van der Waals surface area contributed by atoms with Gasteiger partial charge in [0.05, 0.1) is 12.3 Å². The number of hydrogen-bond donors (Lipinski definition) is 1. The van der Waals surface area contributed by atoms with Crippen LogP contribution in [0.1, 0.15) is 11.6 Å². The van der Waals surface area contributed by atoms with Crippen LogP contribution in [-0.2, 0) is 10.0 Å². The van der Waals surface area contributed by atoms with E-state index >= 15 is 0 Å². The van der Waals surface area contributed by atoms with Gasteiger partial charge in [-0.3, -0.25) is 4.98 Å². The first-order valence-electron chi connectivity index (χ1n) is 6.35. The minimum atomic E-state index is -3.62. The average molecular weight is 293 g/mol. The number of pyridine rings is 1. The van der Waals surface area contributed by atoms with Crippen LogP contribution in [0, 0.1) is 0 Å². The smallest absolute Gasteiger partial charge is 0.277 e. The van der Waals surface area contributed by atoms with E-state index < -0.39 is 10.0 Å². The number of sulfonamides is 1. The van der Waals surface area contributed by atoms with Gasteiger partial charge >= 0.3 is 0 Å². The second-order valence-electron chi connectivity index (χ2n) is 4.55. The molecule has 2 aromatic heterocycles. The molecule has 106 valence electrons. The fourth-order valence-electron chi connectivity index (χ4n) is 2.36. The molecule has 20 heavy (non-hydrogen) atoms. The summed E-state index contributed by atoms with van der Waals surface area (Å²) in [4.78, 5) is 4.07. The van der Waals surface area contributed by atoms with E-state index in [1.54, 1.807) is 18.5 Å². The number of hydrogen-bond acceptors (Lipinski definition) is 5. The van der Waals surface area contributed by atoms with E-state index in [1.165, 1.54) is 16.6 Å². The molecule has 1 atom stereocenters. The van der Waals surface area contributed by atoms with E-state index in [1.807, 2.05) is 12.1 Å². The largest absolute Gasteiger partial charge is 0.452 e. The van der Waals surface area contributed by atoms with Crippen LogP contribution in [0.15, 0.2) is 52.4 Å². The first-order chi connectivity index (χ1) is 9.69. The average Bonchev–Trinajstić information content (AvgIpc) is 3.03. The summed E-state index contributed by atoms with van der Waals surface area (Å²) in [6.45, 7) is 1.59. The molecule has 1 N–H and O–H groups in total. The molecule has 0 spiro atoms. The summed E-state index contributed by atoms with van der Waals surface area (Å²) < 4.78 is 31.8. The maximum atomic E-state index is 12.6. The van der Waals surface area contributed by atoms with Gasteiger partial charge in [0.15, 0.2) is 0 Å². The molecule has 0 saturated carbocycles. The highest BCUT2D eigenvalue weighted by molar-refractivity contribution is 7.89. The third-order valence-electron chi connectivity index (χ3n) is 3.32. The fourth-order valence-corrected chi connectivity index (χ4v) is 3.88. The Kier molecular flexibility index (Phi) is 3.56. The lowest BCUT2D eigenvalue weighted by Gasteiger charge is -2.34. The van der Waals surface area contributed by atoms with Crippen molar-refractivity contribution in [3.05, 3.63) is 48.5 Å². The summed E-state index contributed by atoms with van der Waals surface area (Å²) in [5.74, 6) is 0. The van der Waals surface area contributed by atoms with E-state index in [0.717, 1.165) is 5.56 Å². The van der Waals surface area contributed by atoms with Crippen molar-refractivity contribution in [1.82, 2.24) is 14.6 Å². The second-order valence-corrected chi connectivity index (χ2v) is 6.38. The van der Waals surface area contributed by atoms with Gasteiger partial charge in [0, 0.05) is 32.0 Å². The normalized spacial score (nSPS) is 20.9. The van der Waals surface area contributed by atoms with E-state index in [4.69, 9.17) is 4.42 Å². The Morgan fingerprint density at radius 1 is 1.35 bits per heavy atom. The second kappa shape index (κ2) is 5.35. The molecule has 7 heteroatoms. The molecule has 3 rings (SSSR count). The summed E-state index contributed by atoms with van der Waals surface area (Å²) in [5.41, 5.74) is 0.870. The van der Waals surface area contributed by atoms with E-state index in [0.29, 0.717) is 19.6 Å². The molecule has 0 aromatic carbocycles. The first-order valence-corrected chi connectivity index (χ1v) is 7.79. The van der Waals surface area contributed by atoms with Crippen molar-refractivity contribution in [3.63, 3.8) is 0 Å². The molecule has 1 fully saturated rings. The van der Waals surface area contributed by atoms with Crippen LogP contribution in [0.5, 0.6) is 0 Å². The van der Waals surface area contributed by atoms with Gasteiger partial charge < -0.3 is 9.73 Å². The van der Waals surface area contributed by atoms with Gasteiger partial charge in [0.25, 0.3) is 10.0 Å². The Morgan fingerprint density at radius 2 is 2.25 bits per heavy atom. The number of aromatic nitrogens is 1. The SMILES string of the molecule is O=S(=O)(c1ccco1)N1CCNCC1c1cccnc1. The van der Waals surface area contributed by atoms with Crippen LogP contribution >= 0.6 is 0 Å². The summed E-state index contributed by atoms with van der Waals surface area (Å²) >= 11 is 0. The topological polar surface area (TPSA) is 75.4 Å². The van der Waals surface area contributed by atoms with Gasteiger partial charge in [-0.25, -0.2) is 8.42 Å². The monoisotopic (exact) mass is 293 g/mol. The minimum absolute atomic E-state index is 0.0201. The van der Waals surface area contributed by atoms with Crippen LogP contribution < -0.4 is 5.32 Å². The van der Waals surface area contributed by atoms with Crippen molar-refractivity contribution in [3.8, 4) is 0 Å². The predicted octanol–water partition coefficient (Wildman–Crippen LogP) is 1.01. The molecule has 1 saturated heterocycles. The van der Waals surface area contributed by atoms with Crippen LogP contribution in [0.3, 0.4) is 0 Å². The summed E-state index contributed by atoms with van der Waals surface area (Å²) in [6.07, 6.45) is 4.74. The van der Waals surface area contributed by atoms with E-state index in [-0.39, 0.29) is 11.1 Å². The predicted molar refractivity (Wildman–Crippen MR) is 72.4 cm³/mol. The fraction of sp³-hybridized carbons (Fsp3) is 0.308. The van der Waals surface area contributed by atoms with Crippen LogP contribution in [0.2, 0.25) is 0 Å². The summed E-state index contributed by atoms with van der Waals surface area (Å²) in [7, 11) is -3.62. The molecule has 0 radical (unpaired) electrons. The molecule has 0 aliphatic carbocycles. The van der Waals surface area contributed by atoms with Crippen molar-refractivity contribution in [2.24, 2.45) is 0 Å². The van der Waals surface area contributed by atoms with Gasteiger partial charge in [0.2, 0.25) is 5.09 Å². The molecule has 6 nitrogen and oxygen atoms in total. The first kappa shape index (κ1) is 13.3. The van der Waals surface area contributed by atoms with Gasteiger partial charge in [-0.2, -0.15) is 4.31 Å². The maximum absolute atomic E-state index is 12.6. The lowest BCUT2D eigenvalue weighted by atomic mass is 10.1. The van der Waals surface area contributed by atoms with Crippen molar-refractivity contribution in [2.75, 3.05) is 19.6 Å². The highest BCUT2D eigenvalue weighted by atomic mass is 32.2. The van der Waals surface area contributed by atoms with Crippen molar-refractivity contribution >= 4 is 10.0 Å². The van der Waals surface area contributed by atoms with E-state index in [9.17, 15) is 8.42 Å². The number of furan rings is 1. The maximum Gasteiger partial charge on any atom is 0.277 e. The van der Waals surface area contributed by atoms with Crippen molar-refractivity contribution in [2.45, 2.75) is 11.1 Å². The van der Waals surface area contributed by atoms with Crippen molar-refractivity contribution in [1.29, 1.82) is 0 Å². The zero-order valence-electron chi connectivity index (χ0n) is 10.8. The minimum Gasteiger partial charge on any atom is -0.452 e. The molecule has 2 aromatic rings. The lowest BCUT2D eigenvalue weighted by molar-refractivity contribution is 0.264. The zero-order valence-corrected chi connectivity index (χ0v) is 11.6. The van der Waals surface area contributed by atoms with Crippen molar-refractivity contribution < 1.29 is 12.8 Å². The third kappa shape index (κ3) is 2.35. The Bertz CT molecular complexity index is 655. The van der Waals surface area contributed by atoms with E-state index in [2.05, 4.69) is 10.3 Å². The van der Waals surface area contributed by atoms with Gasteiger partial charge in [-0.15, -0.1) is 0 Å². The molecule has 1 unspecified atom stereocenters. The Hall–Kier alpha value is -1.70. The van der Waals surface area contributed by atoms with Gasteiger partial charge in [0.1, 0.15) is 0 Å². The molecule has 0 bridgehead atoms. The van der Waals surface area contributed by atoms with Gasteiger partial charge in [-0.05, 0) is 23.8 Å². The van der Waals surface area contributed by atoms with Crippen LogP contribution in [0.25, 0.3) is 0 Å². The molecule has 0 amide bonds. The molecular formula is C13H15N3O3S. The third-order valence-corrected chi connectivity index (χ3v) is 5.12. The molecule has 1 aliphatic heterocycles. The molecule has 3 heterocycles. The standard InChI is InChI=1S/C13H15N3O3S/c17-20(18,13-4-2-8-19-13)16-7-6-15-10-12(16)11-3-1-5-14-9-11/h1-5,8-9,12,15H,6-7,10H2. The molecule has 1 aliphatic rings. The zero-order chi connectivity index (χ0) is 14.0. The van der Waals surface area contributed by atoms with Crippen LogP contribution in [0.4, 0.5) is 0 Å². The quantitative estimate of drug-likeness (QED) is 0.914. The van der Waals surface area contributed by atoms with Gasteiger partial charge in [-0.1, -0.05) is 6.07 Å². The lowest BCUT2D eigenvalue weighted by Crippen LogP contribution is -2.48. The highest BCUT2D eigenvalue weighted by Gasteiger charge is 2.35. The summed E-state index contributed by atoms with van der Waals surface area (Å²) in [6, 6.07) is 6.47. The number of piperazine rings is 1. The Labute approximate surface area is 117 Å². The van der Waals surface area contributed by atoms with Crippen LogP contribution in [-0.4, -0.2) is 37.3 Å². The summed E-state index contributed by atoms with van der Waals surface area (Å²) in [5, 5.41) is 3.20. The number of nitrogens with one attached hydrogen (secondary N) is 1. The number of nitrogens with zero attached hydrogens (tertiary/aromatic N) is 2. The number of rotatable bonds is 3. The highest BCUT2D eigenvalue weighted by Crippen LogP contribution is 2.28. The molecular weight excluding hydrogens is 278 g/mol.